The number of hydrogen-bond acceptors (Lipinski definition) is 7. The molecule has 1 aliphatic carbocycles. The van der Waals surface area contributed by atoms with E-state index in [1.54, 1.807) is 24.3 Å². The first-order valence-electron chi connectivity index (χ1n) is 13.5. The second-order valence-corrected chi connectivity index (χ2v) is 11.7. The maximum absolute atomic E-state index is 12.3. The number of hydroxylamine groups is 1. The Bertz CT molecular complexity index is 1180. The van der Waals surface area contributed by atoms with Crippen LogP contribution >= 0.6 is 11.6 Å². The van der Waals surface area contributed by atoms with Gasteiger partial charge in [0.15, 0.2) is 0 Å². The first-order valence-corrected chi connectivity index (χ1v) is 15.1. The number of fused-ring (bicyclic) bond motifs is 2. The predicted octanol–water partition coefficient (Wildman–Crippen LogP) is 5.58. The van der Waals surface area contributed by atoms with Gasteiger partial charge in [0.05, 0.1) is 18.1 Å². The Morgan fingerprint density at radius 3 is 2.82 bits per heavy atom. The van der Waals surface area contributed by atoms with Crippen LogP contribution in [0, 0.1) is 22.5 Å². The SMILES string of the molecule is N=CN([O-])c1ccc2c(c1)N(CC1CCC1C(O)C=CCCCS(=O)[O-])CCCCc1cc(Cl)ccc1CO2. The number of rotatable bonds is 10. The number of nitrogens with zero attached hydrogens (tertiary/aromatic N) is 2. The smallest absolute Gasteiger partial charge is 0.143 e. The van der Waals surface area contributed by atoms with Crippen molar-refractivity contribution in [2.75, 3.05) is 28.8 Å². The summed E-state index contributed by atoms with van der Waals surface area (Å²) in [6, 6.07) is 11.1. The summed E-state index contributed by atoms with van der Waals surface area (Å²) in [7, 11) is 0. The van der Waals surface area contributed by atoms with Crippen molar-refractivity contribution < 1.29 is 18.6 Å². The third kappa shape index (κ3) is 8.05. The summed E-state index contributed by atoms with van der Waals surface area (Å²) in [5.41, 5.74) is 3.45. The van der Waals surface area contributed by atoms with Crippen LogP contribution in [0.5, 0.6) is 5.75 Å². The molecule has 1 saturated carbocycles. The molecule has 8 nitrogen and oxygen atoms in total. The summed E-state index contributed by atoms with van der Waals surface area (Å²) >= 11 is 4.23. The summed E-state index contributed by atoms with van der Waals surface area (Å²) in [6.45, 7) is 1.86. The number of aliphatic hydroxyl groups excluding tert-OH is 1. The molecule has 0 saturated heterocycles. The van der Waals surface area contributed by atoms with Crippen molar-refractivity contribution in [1.82, 2.24) is 0 Å². The number of anilines is 2. The van der Waals surface area contributed by atoms with Gasteiger partial charge in [-0.25, -0.2) is 0 Å². The van der Waals surface area contributed by atoms with Crippen molar-refractivity contribution in [1.29, 1.82) is 5.41 Å². The molecule has 1 aliphatic heterocycles. The molecule has 4 atom stereocenters. The minimum Gasteiger partial charge on any atom is -0.772 e. The highest BCUT2D eigenvalue weighted by molar-refractivity contribution is 7.79. The lowest BCUT2D eigenvalue weighted by Gasteiger charge is -2.43. The average molecular weight is 574 g/mol. The topological polar surface area (TPSA) is 123 Å². The van der Waals surface area contributed by atoms with Gasteiger partial charge in [0.2, 0.25) is 0 Å². The zero-order chi connectivity index (χ0) is 27.8. The highest BCUT2D eigenvalue weighted by Crippen LogP contribution is 2.41. The monoisotopic (exact) mass is 573 g/mol. The Morgan fingerprint density at radius 1 is 1.23 bits per heavy atom. The molecule has 10 heteroatoms. The summed E-state index contributed by atoms with van der Waals surface area (Å²) in [5.74, 6) is 1.18. The lowest BCUT2D eigenvalue weighted by Crippen LogP contribution is -2.43. The lowest BCUT2D eigenvalue weighted by atomic mass is 9.70. The molecule has 0 spiro atoms. The van der Waals surface area contributed by atoms with Crippen LogP contribution in [-0.2, 0) is 24.1 Å². The second kappa shape index (κ2) is 14.3. The Kier molecular flexibility index (Phi) is 10.8. The Hall–Kier alpha value is -2.43. The molecule has 0 radical (unpaired) electrons. The van der Waals surface area contributed by atoms with Crippen molar-refractivity contribution in [3.05, 3.63) is 69.9 Å². The van der Waals surface area contributed by atoms with E-state index in [0.717, 1.165) is 56.2 Å². The van der Waals surface area contributed by atoms with Crippen LogP contribution < -0.4 is 14.7 Å². The number of hydrogen-bond donors (Lipinski definition) is 2. The molecule has 0 aromatic heterocycles. The van der Waals surface area contributed by atoms with E-state index in [2.05, 4.69) is 4.90 Å². The molecule has 0 bridgehead atoms. The molecule has 2 aliphatic rings. The first kappa shape index (κ1) is 29.6. The molecule has 212 valence electrons. The van der Waals surface area contributed by atoms with Crippen molar-refractivity contribution in [2.24, 2.45) is 11.8 Å². The standard InChI is InChI=1S/C29H37ClN3O5S/c30-24-10-8-23-19-38-29-13-11-25(33(35)20-31)17-27(29)32(14-4-3-6-21(23)16-24)18-22-9-12-26(22)28(34)7-2-1-5-15-39(36)37/h2,7-8,10-11,13,16-17,20,22,26,28,31,34H,1,3-6,9,12,14-15,18-19H2,(H,36,37)/q-1/p-1. The van der Waals surface area contributed by atoms with Gasteiger partial charge in [-0.05, 0) is 98.2 Å². The molecule has 4 rings (SSSR count). The molecule has 1 fully saturated rings. The Labute approximate surface area is 238 Å². The Balaban J connectivity index is 1.53. The van der Waals surface area contributed by atoms with Crippen LogP contribution in [0.1, 0.15) is 49.7 Å². The van der Waals surface area contributed by atoms with Crippen molar-refractivity contribution >= 4 is 40.4 Å². The van der Waals surface area contributed by atoms with Gasteiger partial charge in [-0.2, -0.15) is 0 Å². The van der Waals surface area contributed by atoms with E-state index in [0.29, 0.717) is 47.5 Å². The number of benzene rings is 2. The summed E-state index contributed by atoms with van der Waals surface area (Å²) < 4.78 is 27.7. The maximum Gasteiger partial charge on any atom is 0.143 e. The fraction of sp³-hybridized carbons (Fsp3) is 0.483. The third-order valence-corrected chi connectivity index (χ3v) is 8.57. The van der Waals surface area contributed by atoms with E-state index >= 15 is 0 Å². The molecular weight excluding hydrogens is 538 g/mol. The number of nitrogens with one attached hydrogen (secondary N) is 1. The fourth-order valence-electron chi connectivity index (χ4n) is 5.39. The van der Waals surface area contributed by atoms with Gasteiger partial charge in [-0.3, -0.25) is 9.62 Å². The molecule has 39 heavy (non-hydrogen) atoms. The minimum atomic E-state index is -2.03. The Morgan fingerprint density at radius 2 is 2.08 bits per heavy atom. The number of aryl methyl sites for hydroxylation is 1. The third-order valence-electron chi connectivity index (χ3n) is 7.72. The van der Waals surface area contributed by atoms with E-state index in [4.69, 9.17) is 21.7 Å². The largest absolute Gasteiger partial charge is 0.772 e. The van der Waals surface area contributed by atoms with Crippen molar-refractivity contribution in [2.45, 2.75) is 57.7 Å². The highest BCUT2D eigenvalue weighted by atomic mass is 35.5. The number of unbranched alkanes of at least 4 members (excludes halogenated alkanes) is 1. The molecule has 1 heterocycles. The van der Waals surface area contributed by atoms with E-state index in [1.165, 1.54) is 5.56 Å². The molecular formula is C29H36ClN3O5S-2. The fourth-order valence-corrected chi connectivity index (χ4v) is 5.99. The quantitative estimate of drug-likeness (QED) is 0.0950. The molecule has 2 aromatic carbocycles. The average Bonchev–Trinajstić information content (AvgIpc) is 2.93. The van der Waals surface area contributed by atoms with E-state index in [9.17, 15) is 19.1 Å². The zero-order valence-corrected chi connectivity index (χ0v) is 23.5. The van der Waals surface area contributed by atoms with E-state index < -0.39 is 17.2 Å². The minimum absolute atomic E-state index is 0.115. The van der Waals surface area contributed by atoms with Gasteiger partial charge in [-0.15, -0.1) is 0 Å². The molecule has 2 aromatic rings. The van der Waals surface area contributed by atoms with Crippen LogP contribution in [-0.4, -0.2) is 45.2 Å². The van der Waals surface area contributed by atoms with E-state index in [-0.39, 0.29) is 17.6 Å². The molecule has 4 unspecified atom stereocenters. The predicted molar refractivity (Wildman–Crippen MR) is 156 cm³/mol. The second-order valence-electron chi connectivity index (χ2n) is 10.3. The van der Waals surface area contributed by atoms with Crippen LogP contribution in [0.15, 0.2) is 48.6 Å². The summed E-state index contributed by atoms with van der Waals surface area (Å²) in [4.78, 5) is 2.26. The van der Waals surface area contributed by atoms with Gasteiger partial charge in [-0.1, -0.05) is 40.9 Å². The van der Waals surface area contributed by atoms with Crippen molar-refractivity contribution in [3.63, 3.8) is 0 Å². The molecule has 0 amide bonds. The van der Waals surface area contributed by atoms with Gasteiger partial charge in [0.25, 0.3) is 0 Å². The van der Waals surface area contributed by atoms with Crippen LogP contribution in [0.25, 0.3) is 0 Å². The summed E-state index contributed by atoms with van der Waals surface area (Å²) in [6.07, 6.45) is 9.73. The summed E-state index contributed by atoms with van der Waals surface area (Å²) in [5, 5.41) is 31.7. The van der Waals surface area contributed by atoms with Gasteiger partial charge < -0.3 is 29.6 Å². The van der Waals surface area contributed by atoms with Gasteiger partial charge in [0, 0.05) is 29.6 Å². The van der Waals surface area contributed by atoms with E-state index in [1.807, 2.05) is 24.3 Å². The zero-order valence-electron chi connectivity index (χ0n) is 22.0. The normalized spacial score (nSPS) is 21.1. The van der Waals surface area contributed by atoms with Crippen LogP contribution in [0.2, 0.25) is 5.02 Å². The number of ether oxygens (including phenoxy) is 1. The van der Waals surface area contributed by atoms with Crippen molar-refractivity contribution in [3.8, 4) is 5.75 Å². The number of allylic oxidation sites excluding steroid dienone is 1. The number of aliphatic hydroxyl groups is 1. The number of halogens is 1. The van der Waals surface area contributed by atoms with Crippen LogP contribution in [0.3, 0.4) is 0 Å². The first-order chi connectivity index (χ1) is 18.9. The molecule has 2 N–H and O–H groups in total. The van der Waals surface area contributed by atoms with Gasteiger partial charge in [0.1, 0.15) is 12.4 Å². The maximum atomic E-state index is 12.3. The van der Waals surface area contributed by atoms with Crippen LogP contribution in [0.4, 0.5) is 11.4 Å². The highest BCUT2D eigenvalue weighted by Gasteiger charge is 2.36. The lowest BCUT2D eigenvalue weighted by molar-refractivity contribution is 0.0461. The van der Waals surface area contributed by atoms with Gasteiger partial charge >= 0.3 is 0 Å².